The predicted octanol–water partition coefficient (Wildman–Crippen LogP) is 1.40. The van der Waals surface area contributed by atoms with Gasteiger partial charge < -0.3 is 10.5 Å². The van der Waals surface area contributed by atoms with Gasteiger partial charge >= 0.3 is 6.61 Å². The maximum atomic E-state index is 11.6. The van der Waals surface area contributed by atoms with Crippen LogP contribution in [0.25, 0.3) is 0 Å². The molecule has 0 radical (unpaired) electrons. The molecule has 0 aliphatic rings. The van der Waals surface area contributed by atoms with Gasteiger partial charge in [-0.2, -0.15) is 23.7 Å². The minimum Gasteiger partial charge on any atom is -0.368 e. The standard InChI is InChI=1S/C5H5ClF2N4OS/c6-2-10-4(9)12-5(11-2)14-1-13-3(7)8/h3H,1H2,(H2,9,10,11,12). The van der Waals surface area contributed by atoms with Crippen LogP contribution in [0.4, 0.5) is 14.7 Å². The van der Waals surface area contributed by atoms with E-state index in [9.17, 15) is 8.78 Å². The number of nitrogen functional groups attached to an aromatic ring is 1. The molecule has 0 aliphatic heterocycles. The predicted molar refractivity (Wildman–Crippen MR) is 47.1 cm³/mol. The van der Waals surface area contributed by atoms with Crippen molar-refractivity contribution in [3.05, 3.63) is 5.28 Å². The molecule has 0 amide bonds. The summed E-state index contributed by atoms with van der Waals surface area (Å²) in [6, 6.07) is 0. The third-order valence-corrected chi connectivity index (χ3v) is 1.85. The molecule has 1 rings (SSSR count). The Labute approximate surface area is 87.0 Å². The van der Waals surface area contributed by atoms with Crippen molar-refractivity contribution in [2.45, 2.75) is 11.8 Å². The molecule has 0 spiro atoms. The molecule has 0 unspecified atom stereocenters. The van der Waals surface area contributed by atoms with Gasteiger partial charge in [0, 0.05) is 0 Å². The third-order valence-electron chi connectivity index (χ3n) is 0.987. The minimum absolute atomic E-state index is 0.0652. The Bertz CT molecular complexity index is 296. The van der Waals surface area contributed by atoms with E-state index in [0.717, 1.165) is 11.8 Å². The van der Waals surface area contributed by atoms with Crippen LogP contribution in [0.3, 0.4) is 0 Å². The Morgan fingerprint density at radius 3 is 2.71 bits per heavy atom. The highest BCUT2D eigenvalue weighted by molar-refractivity contribution is 7.99. The molecule has 78 valence electrons. The van der Waals surface area contributed by atoms with E-state index in [1.807, 2.05) is 0 Å². The molecule has 1 aromatic heterocycles. The van der Waals surface area contributed by atoms with E-state index in [1.165, 1.54) is 0 Å². The Morgan fingerprint density at radius 1 is 1.43 bits per heavy atom. The van der Waals surface area contributed by atoms with E-state index < -0.39 is 6.61 Å². The highest BCUT2D eigenvalue weighted by Gasteiger charge is 2.05. The number of nitrogens with zero attached hydrogens (tertiary/aromatic N) is 3. The third kappa shape index (κ3) is 3.99. The Kier molecular flexibility index (Phi) is 4.23. The van der Waals surface area contributed by atoms with Gasteiger partial charge in [-0.25, -0.2) is 0 Å². The molecule has 0 aliphatic carbocycles. The molecule has 0 bridgehead atoms. The lowest BCUT2D eigenvalue weighted by Gasteiger charge is -2.01. The van der Waals surface area contributed by atoms with E-state index >= 15 is 0 Å². The number of ether oxygens (including phenoxy) is 1. The fourth-order valence-corrected chi connectivity index (χ4v) is 1.35. The first-order valence-corrected chi connectivity index (χ1v) is 4.64. The average Bonchev–Trinajstić information content (AvgIpc) is 2.01. The van der Waals surface area contributed by atoms with Crippen LogP contribution in [0.2, 0.25) is 5.28 Å². The van der Waals surface area contributed by atoms with E-state index in [4.69, 9.17) is 17.3 Å². The normalized spacial score (nSPS) is 10.9. The summed E-state index contributed by atoms with van der Waals surface area (Å²) in [4.78, 5) is 10.8. The Balaban J connectivity index is 2.50. The zero-order valence-electron chi connectivity index (χ0n) is 6.65. The molecular weight excluding hydrogens is 238 g/mol. The topological polar surface area (TPSA) is 73.9 Å². The van der Waals surface area contributed by atoms with Crippen molar-refractivity contribution >= 4 is 29.3 Å². The highest BCUT2D eigenvalue weighted by atomic mass is 35.5. The summed E-state index contributed by atoms with van der Waals surface area (Å²) in [6.45, 7) is -2.82. The lowest BCUT2D eigenvalue weighted by molar-refractivity contribution is -0.111. The number of alkyl halides is 2. The van der Waals surface area contributed by atoms with Gasteiger partial charge in [0.05, 0.1) is 0 Å². The lowest BCUT2D eigenvalue weighted by atomic mass is 11.0. The van der Waals surface area contributed by atoms with E-state index in [1.54, 1.807) is 0 Å². The molecule has 0 saturated heterocycles. The van der Waals surface area contributed by atoms with Crippen LogP contribution in [0.5, 0.6) is 0 Å². The Hall–Kier alpha value is -0.730. The van der Waals surface area contributed by atoms with Gasteiger partial charge in [-0.15, -0.1) is 0 Å². The molecule has 9 heteroatoms. The quantitative estimate of drug-likeness (QED) is 0.635. The number of aromatic nitrogens is 3. The molecular formula is C5H5ClF2N4OS. The zero-order chi connectivity index (χ0) is 10.6. The molecule has 5 nitrogen and oxygen atoms in total. The van der Waals surface area contributed by atoms with Crippen molar-refractivity contribution in [2.75, 3.05) is 11.7 Å². The lowest BCUT2D eigenvalue weighted by Crippen LogP contribution is -2.02. The van der Waals surface area contributed by atoms with Gasteiger partial charge in [0.2, 0.25) is 11.2 Å². The van der Waals surface area contributed by atoms with Gasteiger partial charge in [0.25, 0.3) is 0 Å². The van der Waals surface area contributed by atoms with Crippen LogP contribution >= 0.6 is 23.4 Å². The highest BCUT2D eigenvalue weighted by Crippen LogP contribution is 2.16. The number of anilines is 1. The van der Waals surface area contributed by atoms with Gasteiger partial charge in [0.1, 0.15) is 5.94 Å². The molecule has 2 N–H and O–H groups in total. The molecule has 0 fully saturated rings. The maximum Gasteiger partial charge on any atom is 0.346 e. The number of hydrogen-bond acceptors (Lipinski definition) is 6. The van der Waals surface area contributed by atoms with Gasteiger partial charge in [-0.05, 0) is 11.6 Å². The van der Waals surface area contributed by atoms with Crippen molar-refractivity contribution in [3.63, 3.8) is 0 Å². The Morgan fingerprint density at radius 2 is 2.14 bits per heavy atom. The monoisotopic (exact) mass is 242 g/mol. The summed E-state index contributed by atoms with van der Waals surface area (Å²) in [5.41, 5.74) is 5.24. The van der Waals surface area contributed by atoms with Crippen LogP contribution in [0.1, 0.15) is 0 Å². The van der Waals surface area contributed by atoms with Gasteiger partial charge in [-0.3, -0.25) is 0 Å². The summed E-state index contributed by atoms with van der Waals surface area (Å²) < 4.78 is 27.1. The second kappa shape index (κ2) is 5.23. The largest absolute Gasteiger partial charge is 0.368 e. The van der Waals surface area contributed by atoms with Crippen LogP contribution in [-0.4, -0.2) is 27.5 Å². The van der Waals surface area contributed by atoms with Gasteiger partial charge in [0.15, 0.2) is 5.16 Å². The van der Waals surface area contributed by atoms with Gasteiger partial charge in [-0.1, -0.05) is 11.8 Å². The maximum absolute atomic E-state index is 11.6. The fraction of sp³-hybridized carbons (Fsp3) is 0.400. The number of rotatable bonds is 4. The molecule has 1 aromatic rings. The summed E-state index contributed by atoms with van der Waals surface area (Å²) in [5.74, 6) is -0.346. The SMILES string of the molecule is Nc1nc(Cl)nc(SCOC(F)F)n1. The minimum atomic E-state index is -2.82. The van der Waals surface area contributed by atoms with Crippen molar-refractivity contribution in [3.8, 4) is 0 Å². The average molecular weight is 243 g/mol. The van der Waals surface area contributed by atoms with E-state index in [-0.39, 0.29) is 22.3 Å². The van der Waals surface area contributed by atoms with Crippen molar-refractivity contribution in [2.24, 2.45) is 0 Å². The second-order valence-electron chi connectivity index (χ2n) is 1.93. The number of nitrogens with two attached hydrogens (primary N) is 1. The summed E-state index contributed by atoms with van der Waals surface area (Å²) in [6.07, 6.45) is 0. The summed E-state index contributed by atoms with van der Waals surface area (Å²) >= 11 is 6.30. The molecule has 0 atom stereocenters. The van der Waals surface area contributed by atoms with E-state index in [0.29, 0.717) is 0 Å². The molecule has 0 saturated carbocycles. The summed E-state index contributed by atoms with van der Waals surface area (Å²) in [7, 11) is 0. The fourth-order valence-electron chi connectivity index (χ4n) is 0.549. The first-order chi connectivity index (χ1) is 6.58. The first-order valence-electron chi connectivity index (χ1n) is 3.27. The number of thioether (sulfide) groups is 1. The van der Waals surface area contributed by atoms with Crippen molar-refractivity contribution in [1.29, 1.82) is 0 Å². The second-order valence-corrected chi connectivity index (χ2v) is 3.16. The van der Waals surface area contributed by atoms with Crippen LogP contribution in [0.15, 0.2) is 5.16 Å². The van der Waals surface area contributed by atoms with Crippen LogP contribution in [-0.2, 0) is 4.74 Å². The number of halogens is 3. The van der Waals surface area contributed by atoms with Crippen LogP contribution < -0.4 is 5.73 Å². The first kappa shape index (κ1) is 11.3. The zero-order valence-corrected chi connectivity index (χ0v) is 8.23. The molecule has 0 aromatic carbocycles. The molecule has 14 heavy (non-hydrogen) atoms. The van der Waals surface area contributed by atoms with Crippen molar-refractivity contribution < 1.29 is 13.5 Å². The number of hydrogen-bond donors (Lipinski definition) is 1. The molecule has 1 heterocycles. The summed E-state index contributed by atoms with van der Waals surface area (Å²) in [5, 5.41) is 0.0557. The van der Waals surface area contributed by atoms with Crippen LogP contribution in [0, 0.1) is 0 Å². The van der Waals surface area contributed by atoms with E-state index in [2.05, 4.69) is 19.7 Å². The smallest absolute Gasteiger partial charge is 0.346 e. The van der Waals surface area contributed by atoms with Crippen molar-refractivity contribution in [1.82, 2.24) is 15.0 Å².